The van der Waals surface area contributed by atoms with Crippen LogP contribution in [0.1, 0.15) is 20.3 Å². The summed E-state index contributed by atoms with van der Waals surface area (Å²) in [6.07, 6.45) is 0.824. The summed E-state index contributed by atoms with van der Waals surface area (Å²) < 4.78 is 13.3. The van der Waals surface area contributed by atoms with Crippen LogP contribution in [0.2, 0.25) is 0 Å². The molecule has 0 bridgehead atoms. The molecule has 0 radical (unpaired) electrons. The highest BCUT2D eigenvalue weighted by molar-refractivity contribution is 5.45. The van der Waals surface area contributed by atoms with Gasteiger partial charge in [-0.3, -0.25) is 0 Å². The Labute approximate surface area is 90.1 Å². The molecule has 0 fully saturated rings. The van der Waals surface area contributed by atoms with Crippen molar-refractivity contribution >= 4 is 5.69 Å². The molecule has 0 heterocycles. The molecule has 0 amide bonds. The first-order valence-corrected chi connectivity index (χ1v) is 5.25. The summed E-state index contributed by atoms with van der Waals surface area (Å²) in [5, 5.41) is 12.1. The van der Waals surface area contributed by atoms with Crippen molar-refractivity contribution in [1.82, 2.24) is 0 Å². The van der Waals surface area contributed by atoms with Crippen LogP contribution in [-0.2, 0) is 0 Å². The van der Waals surface area contributed by atoms with Crippen molar-refractivity contribution in [2.75, 3.05) is 11.9 Å². The zero-order chi connectivity index (χ0) is 11.3. The molecule has 1 aromatic carbocycles. The Bertz CT molecular complexity index is 301. The molecule has 15 heavy (non-hydrogen) atoms. The number of aliphatic hydroxyl groups excluding tert-OH is 1. The van der Waals surface area contributed by atoms with Gasteiger partial charge in [-0.05, 0) is 24.5 Å². The molecular weight excluding hydrogens is 193 g/mol. The van der Waals surface area contributed by atoms with Gasteiger partial charge in [-0.2, -0.15) is 0 Å². The number of rotatable bonds is 5. The maximum atomic E-state index is 13.3. The zero-order valence-corrected chi connectivity index (χ0v) is 9.20. The van der Waals surface area contributed by atoms with Crippen molar-refractivity contribution in [3.8, 4) is 0 Å². The molecule has 0 aromatic heterocycles. The highest BCUT2D eigenvalue weighted by Crippen LogP contribution is 2.16. The predicted molar refractivity (Wildman–Crippen MR) is 60.4 cm³/mol. The molecule has 1 unspecified atom stereocenters. The molecule has 0 aliphatic carbocycles. The van der Waals surface area contributed by atoms with E-state index in [4.69, 9.17) is 5.11 Å². The lowest BCUT2D eigenvalue weighted by molar-refractivity contribution is 0.259. The van der Waals surface area contributed by atoms with Crippen molar-refractivity contribution in [1.29, 1.82) is 0 Å². The number of nitrogens with one attached hydrogen (secondary N) is 1. The number of hydrogen-bond acceptors (Lipinski definition) is 2. The Morgan fingerprint density at radius 3 is 2.53 bits per heavy atom. The summed E-state index contributed by atoms with van der Waals surface area (Å²) in [4.78, 5) is 0. The topological polar surface area (TPSA) is 32.3 Å². The fraction of sp³-hybridized carbons (Fsp3) is 0.500. The van der Waals surface area contributed by atoms with Gasteiger partial charge in [-0.15, -0.1) is 0 Å². The van der Waals surface area contributed by atoms with Gasteiger partial charge in [0.25, 0.3) is 0 Å². The van der Waals surface area contributed by atoms with Crippen molar-refractivity contribution in [2.24, 2.45) is 5.92 Å². The normalized spacial score (nSPS) is 12.9. The molecule has 0 spiro atoms. The molecule has 0 aliphatic rings. The van der Waals surface area contributed by atoms with Gasteiger partial charge >= 0.3 is 0 Å². The summed E-state index contributed by atoms with van der Waals surface area (Å²) in [5.74, 6) is 0.195. The molecule has 1 atom stereocenters. The van der Waals surface area contributed by atoms with Crippen molar-refractivity contribution in [2.45, 2.75) is 26.3 Å². The predicted octanol–water partition coefficient (Wildman–Crippen LogP) is 2.64. The van der Waals surface area contributed by atoms with Gasteiger partial charge in [0.1, 0.15) is 5.82 Å². The lowest BCUT2D eigenvalue weighted by Gasteiger charge is -2.19. The number of aliphatic hydroxyl groups is 1. The van der Waals surface area contributed by atoms with Crippen molar-refractivity contribution in [3.63, 3.8) is 0 Å². The molecule has 1 aromatic rings. The van der Waals surface area contributed by atoms with Crippen molar-refractivity contribution in [3.05, 3.63) is 30.1 Å². The van der Waals surface area contributed by atoms with Crippen LogP contribution in [0.5, 0.6) is 0 Å². The Hall–Kier alpha value is -1.09. The first-order valence-electron chi connectivity index (χ1n) is 5.25. The summed E-state index contributed by atoms with van der Waals surface area (Å²) in [6, 6.07) is 6.43. The van der Waals surface area contributed by atoms with E-state index in [0.29, 0.717) is 11.6 Å². The van der Waals surface area contributed by atoms with E-state index in [0.717, 1.165) is 6.42 Å². The molecule has 84 valence electrons. The molecule has 3 heteroatoms. The molecule has 2 N–H and O–H groups in total. The average molecular weight is 211 g/mol. The van der Waals surface area contributed by atoms with Crippen LogP contribution in [-0.4, -0.2) is 17.8 Å². The maximum absolute atomic E-state index is 13.3. The van der Waals surface area contributed by atoms with E-state index in [1.807, 2.05) is 0 Å². The third-order valence-electron chi connectivity index (χ3n) is 2.21. The Kier molecular flexibility index (Phi) is 4.56. The minimum Gasteiger partial charge on any atom is -0.394 e. The van der Waals surface area contributed by atoms with E-state index in [-0.39, 0.29) is 18.5 Å². The summed E-state index contributed by atoms with van der Waals surface area (Å²) in [7, 11) is 0. The molecule has 0 aliphatic heterocycles. The monoisotopic (exact) mass is 211 g/mol. The van der Waals surface area contributed by atoms with Gasteiger partial charge in [0.05, 0.1) is 12.3 Å². The van der Waals surface area contributed by atoms with Crippen molar-refractivity contribution < 1.29 is 9.50 Å². The standard InChI is InChI=1S/C12H18FNO/c1-9(2)7-10(8-15)14-12-6-4-3-5-11(12)13/h3-6,9-10,14-15H,7-8H2,1-2H3. The van der Waals surface area contributed by atoms with Gasteiger partial charge in [0.15, 0.2) is 0 Å². The van der Waals surface area contributed by atoms with E-state index in [9.17, 15) is 4.39 Å². The Morgan fingerprint density at radius 1 is 1.33 bits per heavy atom. The van der Waals surface area contributed by atoms with E-state index in [2.05, 4.69) is 19.2 Å². The zero-order valence-electron chi connectivity index (χ0n) is 9.20. The second kappa shape index (κ2) is 5.71. The average Bonchev–Trinajstić information content (AvgIpc) is 2.19. The molecular formula is C12H18FNO. The molecule has 0 saturated heterocycles. The maximum Gasteiger partial charge on any atom is 0.146 e. The number of halogens is 1. The Balaban J connectivity index is 2.62. The highest BCUT2D eigenvalue weighted by Gasteiger charge is 2.11. The van der Waals surface area contributed by atoms with Crippen LogP contribution in [0.25, 0.3) is 0 Å². The fourth-order valence-electron chi connectivity index (χ4n) is 1.55. The Morgan fingerprint density at radius 2 is 2.00 bits per heavy atom. The lowest BCUT2D eigenvalue weighted by Crippen LogP contribution is -2.26. The van der Waals surface area contributed by atoms with E-state index >= 15 is 0 Å². The summed E-state index contributed by atoms with van der Waals surface area (Å²) in [5.41, 5.74) is 0.456. The summed E-state index contributed by atoms with van der Waals surface area (Å²) >= 11 is 0. The van der Waals surface area contributed by atoms with Crippen LogP contribution < -0.4 is 5.32 Å². The number of benzene rings is 1. The minimum absolute atomic E-state index is 0.0204. The second-order valence-electron chi connectivity index (χ2n) is 4.13. The number of para-hydroxylation sites is 1. The SMILES string of the molecule is CC(C)CC(CO)Nc1ccccc1F. The van der Waals surface area contributed by atoms with E-state index in [1.165, 1.54) is 6.07 Å². The molecule has 0 saturated carbocycles. The first-order chi connectivity index (χ1) is 7.13. The van der Waals surface area contributed by atoms with Gasteiger partial charge in [-0.25, -0.2) is 4.39 Å². The van der Waals surface area contributed by atoms with Crippen LogP contribution in [0.4, 0.5) is 10.1 Å². The van der Waals surface area contributed by atoms with E-state index < -0.39 is 0 Å². The second-order valence-corrected chi connectivity index (χ2v) is 4.13. The third-order valence-corrected chi connectivity index (χ3v) is 2.21. The van der Waals surface area contributed by atoms with Gasteiger partial charge in [-0.1, -0.05) is 26.0 Å². The number of anilines is 1. The smallest absolute Gasteiger partial charge is 0.146 e. The van der Waals surface area contributed by atoms with E-state index in [1.54, 1.807) is 18.2 Å². The van der Waals surface area contributed by atoms with Gasteiger partial charge in [0, 0.05) is 6.04 Å². The third kappa shape index (κ3) is 3.88. The fourth-order valence-corrected chi connectivity index (χ4v) is 1.55. The van der Waals surface area contributed by atoms with Crippen LogP contribution in [0.15, 0.2) is 24.3 Å². The van der Waals surface area contributed by atoms with Crippen LogP contribution in [0, 0.1) is 11.7 Å². The lowest BCUT2D eigenvalue weighted by atomic mass is 10.0. The van der Waals surface area contributed by atoms with Crippen LogP contribution in [0.3, 0.4) is 0 Å². The first kappa shape index (κ1) is 12.0. The molecule has 2 nitrogen and oxygen atoms in total. The largest absolute Gasteiger partial charge is 0.394 e. The number of hydrogen-bond donors (Lipinski definition) is 2. The minimum atomic E-state index is -0.278. The molecule has 1 rings (SSSR count). The van der Waals surface area contributed by atoms with Crippen LogP contribution >= 0.6 is 0 Å². The van der Waals surface area contributed by atoms with Gasteiger partial charge < -0.3 is 10.4 Å². The summed E-state index contributed by atoms with van der Waals surface area (Å²) in [6.45, 7) is 4.17. The van der Waals surface area contributed by atoms with Gasteiger partial charge in [0.2, 0.25) is 0 Å². The quantitative estimate of drug-likeness (QED) is 0.784. The highest BCUT2D eigenvalue weighted by atomic mass is 19.1.